The first kappa shape index (κ1) is 12.0. The van der Waals surface area contributed by atoms with Crippen molar-refractivity contribution in [3.05, 3.63) is 30.9 Å². The molecule has 2 heterocycles. The molecule has 0 saturated heterocycles. The van der Waals surface area contributed by atoms with Crippen LogP contribution >= 0.6 is 11.8 Å². The van der Waals surface area contributed by atoms with E-state index in [9.17, 15) is 0 Å². The molecule has 0 bridgehead atoms. The van der Waals surface area contributed by atoms with E-state index in [2.05, 4.69) is 20.8 Å². The lowest BCUT2D eigenvalue weighted by Gasteiger charge is -2.07. The van der Waals surface area contributed by atoms with Gasteiger partial charge in [0.1, 0.15) is 5.82 Å². The second kappa shape index (κ2) is 5.72. The van der Waals surface area contributed by atoms with Crippen molar-refractivity contribution >= 4 is 17.6 Å². The summed E-state index contributed by atoms with van der Waals surface area (Å²) in [5.74, 6) is 1.70. The number of thioether (sulfide) groups is 1. The van der Waals surface area contributed by atoms with Crippen LogP contribution < -0.4 is 5.73 Å². The highest BCUT2D eigenvalue weighted by molar-refractivity contribution is 7.98. The predicted molar refractivity (Wildman–Crippen MR) is 72.9 cm³/mol. The maximum atomic E-state index is 5.69. The van der Waals surface area contributed by atoms with Crippen LogP contribution in [0.4, 0.5) is 5.82 Å². The molecule has 0 aliphatic rings. The third kappa shape index (κ3) is 3.00. The number of anilines is 1. The number of aromatic nitrogens is 3. The molecule has 0 fully saturated rings. The van der Waals surface area contributed by atoms with E-state index in [0.29, 0.717) is 5.82 Å². The van der Waals surface area contributed by atoms with Crippen LogP contribution in [0.2, 0.25) is 0 Å². The Kier molecular flexibility index (Phi) is 4.03. The molecule has 5 heteroatoms. The smallest absolute Gasteiger partial charge is 0.123 e. The summed E-state index contributed by atoms with van der Waals surface area (Å²) >= 11 is 1.86. The molecular formula is C12H16N4S. The van der Waals surface area contributed by atoms with Gasteiger partial charge < -0.3 is 10.3 Å². The molecule has 2 rings (SSSR count). The predicted octanol–water partition coefficient (Wildman–Crippen LogP) is 2.28. The topological polar surface area (TPSA) is 56.7 Å². The molecule has 0 aliphatic heterocycles. The minimum Gasteiger partial charge on any atom is -0.384 e. The van der Waals surface area contributed by atoms with E-state index in [4.69, 9.17) is 5.73 Å². The van der Waals surface area contributed by atoms with Crippen LogP contribution in [0.15, 0.2) is 30.9 Å². The van der Waals surface area contributed by atoms with E-state index in [1.54, 1.807) is 6.20 Å². The molecule has 2 aromatic heterocycles. The molecule has 0 aliphatic carbocycles. The van der Waals surface area contributed by atoms with Crippen molar-refractivity contribution in [3.63, 3.8) is 0 Å². The Bertz CT molecular complexity index is 481. The number of nitrogens with zero attached hydrogens (tertiary/aromatic N) is 3. The average Bonchev–Trinajstić information content (AvgIpc) is 2.78. The van der Waals surface area contributed by atoms with Crippen LogP contribution in [0.3, 0.4) is 0 Å². The van der Waals surface area contributed by atoms with Crippen molar-refractivity contribution in [3.8, 4) is 11.3 Å². The van der Waals surface area contributed by atoms with Crippen LogP contribution in [-0.2, 0) is 6.54 Å². The van der Waals surface area contributed by atoms with Gasteiger partial charge in [-0.2, -0.15) is 11.8 Å². The van der Waals surface area contributed by atoms with Crippen molar-refractivity contribution in [2.75, 3.05) is 17.7 Å². The number of nitrogen functional groups attached to an aromatic ring is 1. The summed E-state index contributed by atoms with van der Waals surface area (Å²) < 4.78 is 2.16. The van der Waals surface area contributed by atoms with E-state index >= 15 is 0 Å². The van der Waals surface area contributed by atoms with Gasteiger partial charge in [0.05, 0.1) is 18.2 Å². The SMILES string of the molecule is CSCCCn1cncc1-c1ccnc(N)c1. The molecule has 0 aromatic carbocycles. The molecule has 90 valence electrons. The highest BCUT2D eigenvalue weighted by Gasteiger charge is 2.05. The van der Waals surface area contributed by atoms with E-state index in [1.807, 2.05) is 36.4 Å². The lowest BCUT2D eigenvalue weighted by atomic mass is 10.2. The molecule has 0 unspecified atom stereocenters. The number of rotatable bonds is 5. The van der Waals surface area contributed by atoms with Crippen LogP contribution in [0, 0.1) is 0 Å². The van der Waals surface area contributed by atoms with Crippen molar-refractivity contribution in [1.29, 1.82) is 0 Å². The molecule has 0 amide bonds. The average molecular weight is 248 g/mol. The molecule has 0 saturated carbocycles. The third-order valence-electron chi connectivity index (χ3n) is 2.54. The number of nitrogens with two attached hydrogens (primary N) is 1. The summed E-state index contributed by atoms with van der Waals surface area (Å²) in [6.07, 6.45) is 8.73. The minimum absolute atomic E-state index is 0.541. The Morgan fingerprint density at radius 2 is 2.35 bits per heavy atom. The van der Waals surface area contributed by atoms with Crippen LogP contribution in [0.1, 0.15) is 6.42 Å². The number of imidazole rings is 1. The van der Waals surface area contributed by atoms with E-state index < -0.39 is 0 Å². The zero-order valence-electron chi connectivity index (χ0n) is 9.84. The summed E-state index contributed by atoms with van der Waals surface area (Å²) in [6, 6.07) is 3.83. The standard InChI is InChI=1S/C12H16N4S/c1-17-6-2-5-16-9-14-8-11(16)10-3-4-15-12(13)7-10/h3-4,7-9H,2,5-6H2,1H3,(H2,13,15). The largest absolute Gasteiger partial charge is 0.384 e. The Morgan fingerprint density at radius 3 is 3.12 bits per heavy atom. The third-order valence-corrected chi connectivity index (χ3v) is 3.23. The lowest BCUT2D eigenvalue weighted by Crippen LogP contribution is -2.00. The summed E-state index contributed by atoms with van der Waals surface area (Å²) in [4.78, 5) is 8.20. The van der Waals surface area contributed by atoms with Crippen molar-refractivity contribution in [1.82, 2.24) is 14.5 Å². The minimum atomic E-state index is 0.541. The highest BCUT2D eigenvalue weighted by Crippen LogP contribution is 2.20. The van der Waals surface area contributed by atoms with Crippen LogP contribution in [-0.4, -0.2) is 26.5 Å². The molecule has 0 atom stereocenters. The fourth-order valence-corrected chi connectivity index (χ4v) is 2.14. The van der Waals surface area contributed by atoms with E-state index in [-0.39, 0.29) is 0 Å². The number of hydrogen-bond acceptors (Lipinski definition) is 4. The normalized spacial score (nSPS) is 10.6. The number of hydrogen-bond donors (Lipinski definition) is 1. The van der Waals surface area contributed by atoms with Crippen LogP contribution in [0.25, 0.3) is 11.3 Å². The quantitative estimate of drug-likeness (QED) is 0.825. The Balaban J connectivity index is 2.18. The first-order chi connectivity index (χ1) is 8.31. The summed E-state index contributed by atoms with van der Waals surface area (Å²) in [7, 11) is 0. The van der Waals surface area contributed by atoms with Gasteiger partial charge in [-0.05, 0) is 30.6 Å². The molecule has 0 spiro atoms. The maximum Gasteiger partial charge on any atom is 0.123 e. The Labute approximate surface area is 105 Å². The van der Waals surface area contributed by atoms with E-state index in [0.717, 1.165) is 30.0 Å². The molecule has 2 aromatic rings. The van der Waals surface area contributed by atoms with Gasteiger partial charge in [0.2, 0.25) is 0 Å². The van der Waals surface area contributed by atoms with Gasteiger partial charge in [-0.1, -0.05) is 0 Å². The number of pyridine rings is 1. The number of aryl methyl sites for hydroxylation is 1. The van der Waals surface area contributed by atoms with Crippen molar-refractivity contribution in [2.45, 2.75) is 13.0 Å². The zero-order chi connectivity index (χ0) is 12.1. The van der Waals surface area contributed by atoms with Gasteiger partial charge in [-0.25, -0.2) is 9.97 Å². The van der Waals surface area contributed by atoms with Gasteiger partial charge >= 0.3 is 0 Å². The molecule has 4 nitrogen and oxygen atoms in total. The second-order valence-electron chi connectivity index (χ2n) is 3.79. The van der Waals surface area contributed by atoms with Crippen LogP contribution in [0.5, 0.6) is 0 Å². The first-order valence-electron chi connectivity index (χ1n) is 5.52. The molecule has 2 N–H and O–H groups in total. The maximum absolute atomic E-state index is 5.69. The van der Waals surface area contributed by atoms with Crippen molar-refractivity contribution in [2.24, 2.45) is 0 Å². The van der Waals surface area contributed by atoms with Gasteiger partial charge in [0, 0.05) is 18.3 Å². The Morgan fingerprint density at radius 1 is 1.47 bits per heavy atom. The van der Waals surface area contributed by atoms with Gasteiger partial charge in [0.25, 0.3) is 0 Å². The monoisotopic (exact) mass is 248 g/mol. The molecule has 0 radical (unpaired) electrons. The zero-order valence-corrected chi connectivity index (χ0v) is 10.7. The Hall–Kier alpha value is -1.49. The second-order valence-corrected chi connectivity index (χ2v) is 4.77. The van der Waals surface area contributed by atoms with Gasteiger partial charge in [-0.15, -0.1) is 0 Å². The summed E-state index contributed by atoms with van der Waals surface area (Å²) in [5, 5.41) is 0. The fourth-order valence-electron chi connectivity index (χ4n) is 1.73. The molecular weight excluding hydrogens is 232 g/mol. The summed E-state index contributed by atoms with van der Waals surface area (Å²) in [5.41, 5.74) is 7.86. The fraction of sp³-hybridized carbons (Fsp3) is 0.333. The summed E-state index contributed by atoms with van der Waals surface area (Å²) in [6.45, 7) is 0.985. The van der Waals surface area contributed by atoms with E-state index in [1.165, 1.54) is 0 Å². The van der Waals surface area contributed by atoms with Gasteiger partial charge in [0.15, 0.2) is 0 Å². The molecule has 17 heavy (non-hydrogen) atoms. The highest BCUT2D eigenvalue weighted by atomic mass is 32.2. The lowest BCUT2D eigenvalue weighted by molar-refractivity contribution is 0.689. The van der Waals surface area contributed by atoms with Crippen molar-refractivity contribution < 1.29 is 0 Å². The first-order valence-corrected chi connectivity index (χ1v) is 6.91. The van der Waals surface area contributed by atoms with Gasteiger partial charge in [-0.3, -0.25) is 0 Å².